The van der Waals surface area contributed by atoms with Gasteiger partial charge in [-0.25, -0.2) is 9.59 Å². The highest BCUT2D eigenvalue weighted by Gasteiger charge is 2.30. The van der Waals surface area contributed by atoms with Crippen LogP contribution < -0.4 is 0 Å². The molecular weight excluding hydrogens is 256 g/mol. The lowest BCUT2D eigenvalue weighted by Gasteiger charge is -2.27. The molecule has 4 heteroatoms. The molecule has 0 N–H and O–H groups in total. The number of benzene rings is 1. The van der Waals surface area contributed by atoms with Gasteiger partial charge in [0.2, 0.25) is 0 Å². The zero-order chi connectivity index (χ0) is 15.6. The average molecular weight is 278 g/mol. The Hall–Kier alpha value is -1.84. The summed E-state index contributed by atoms with van der Waals surface area (Å²) >= 11 is 0. The first kappa shape index (κ1) is 16.2. The van der Waals surface area contributed by atoms with Crippen LogP contribution >= 0.6 is 0 Å². The van der Waals surface area contributed by atoms with Gasteiger partial charge in [-0.05, 0) is 30.4 Å². The van der Waals surface area contributed by atoms with E-state index in [1.807, 2.05) is 24.3 Å². The summed E-state index contributed by atoms with van der Waals surface area (Å²) < 4.78 is 9.59. The molecule has 0 aliphatic rings. The molecular formula is C16H22O4. The Balaban J connectivity index is 3.04. The fraction of sp³-hybridized carbons (Fsp3) is 0.500. The van der Waals surface area contributed by atoms with Crippen LogP contribution in [0.25, 0.3) is 0 Å². The smallest absolute Gasteiger partial charge is 0.418 e. The molecule has 1 aromatic carbocycles. The van der Waals surface area contributed by atoms with Crippen LogP contribution in [-0.4, -0.2) is 19.0 Å². The van der Waals surface area contributed by atoms with Crippen molar-refractivity contribution in [1.82, 2.24) is 0 Å². The number of esters is 2. The highest BCUT2D eigenvalue weighted by molar-refractivity contribution is 6.29. The summed E-state index contributed by atoms with van der Waals surface area (Å²) in [6, 6.07) is 7.82. The van der Waals surface area contributed by atoms with Crippen molar-refractivity contribution in [3.8, 4) is 0 Å². The Bertz CT molecular complexity index is 509. The maximum Gasteiger partial charge on any atom is 0.418 e. The minimum atomic E-state index is -0.995. The standard InChI is InChI=1S/C16H22O4/c1-15(2,3)11-8-7-9-12(10-11)16(4,5)20-14(18)13(17)19-6/h7-10H,1-6H3. The molecule has 110 valence electrons. The van der Waals surface area contributed by atoms with Gasteiger partial charge in [-0.3, -0.25) is 0 Å². The second-order valence-corrected chi connectivity index (χ2v) is 6.22. The van der Waals surface area contributed by atoms with E-state index in [2.05, 4.69) is 25.5 Å². The molecule has 0 saturated carbocycles. The van der Waals surface area contributed by atoms with E-state index in [1.165, 1.54) is 0 Å². The SMILES string of the molecule is COC(=O)C(=O)OC(C)(C)c1cccc(C(C)(C)C)c1. The van der Waals surface area contributed by atoms with E-state index >= 15 is 0 Å². The zero-order valence-corrected chi connectivity index (χ0v) is 12.9. The van der Waals surface area contributed by atoms with Gasteiger partial charge in [0.25, 0.3) is 0 Å². The Morgan fingerprint density at radius 1 is 0.950 bits per heavy atom. The lowest BCUT2D eigenvalue weighted by molar-refractivity contribution is -0.174. The highest BCUT2D eigenvalue weighted by atomic mass is 16.6. The summed E-state index contributed by atoms with van der Waals surface area (Å²) in [5, 5.41) is 0. The molecule has 0 saturated heterocycles. The van der Waals surface area contributed by atoms with E-state index in [0.717, 1.165) is 18.2 Å². The van der Waals surface area contributed by atoms with E-state index in [1.54, 1.807) is 13.8 Å². The monoisotopic (exact) mass is 278 g/mol. The molecule has 0 fully saturated rings. The van der Waals surface area contributed by atoms with E-state index in [9.17, 15) is 9.59 Å². The minimum absolute atomic E-state index is 0.00154. The van der Waals surface area contributed by atoms with Gasteiger partial charge in [0.15, 0.2) is 0 Å². The topological polar surface area (TPSA) is 52.6 Å². The number of ether oxygens (including phenoxy) is 2. The average Bonchev–Trinajstić information content (AvgIpc) is 2.36. The van der Waals surface area contributed by atoms with Gasteiger partial charge in [0.05, 0.1) is 7.11 Å². The molecule has 0 aliphatic heterocycles. The van der Waals surface area contributed by atoms with Gasteiger partial charge in [-0.15, -0.1) is 0 Å². The van der Waals surface area contributed by atoms with E-state index in [-0.39, 0.29) is 5.41 Å². The largest absolute Gasteiger partial charge is 0.461 e. The van der Waals surface area contributed by atoms with E-state index in [0.29, 0.717) is 0 Å². The molecule has 0 aliphatic carbocycles. The minimum Gasteiger partial charge on any atom is -0.461 e. The number of carbonyl (C=O) groups is 2. The quantitative estimate of drug-likeness (QED) is 0.616. The second kappa shape index (κ2) is 5.65. The van der Waals surface area contributed by atoms with Crippen LogP contribution in [0.1, 0.15) is 45.7 Å². The summed E-state index contributed by atoms with van der Waals surface area (Å²) in [7, 11) is 1.15. The molecule has 0 heterocycles. The van der Waals surface area contributed by atoms with Crippen molar-refractivity contribution in [2.75, 3.05) is 7.11 Å². The Morgan fingerprint density at radius 3 is 2.00 bits per heavy atom. The summed E-state index contributed by atoms with van der Waals surface area (Å²) in [6.07, 6.45) is 0. The molecule has 0 aromatic heterocycles. The van der Waals surface area contributed by atoms with Crippen LogP contribution in [0.3, 0.4) is 0 Å². The van der Waals surface area contributed by atoms with Crippen molar-refractivity contribution in [2.45, 2.75) is 45.6 Å². The second-order valence-electron chi connectivity index (χ2n) is 6.22. The number of rotatable bonds is 2. The summed E-state index contributed by atoms with van der Waals surface area (Å²) in [6.45, 7) is 9.82. The Morgan fingerprint density at radius 2 is 1.50 bits per heavy atom. The van der Waals surface area contributed by atoms with Crippen molar-refractivity contribution in [1.29, 1.82) is 0 Å². The van der Waals surface area contributed by atoms with Crippen LogP contribution in [0.15, 0.2) is 24.3 Å². The van der Waals surface area contributed by atoms with Crippen LogP contribution in [0, 0.1) is 0 Å². The zero-order valence-electron chi connectivity index (χ0n) is 12.9. The molecule has 0 radical (unpaired) electrons. The lowest BCUT2D eigenvalue weighted by Crippen LogP contribution is -2.30. The normalized spacial score (nSPS) is 11.9. The molecule has 0 bridgehead atoms. The molecule has 1 rings (SSSR count). The third-order valence-corrected chi connectivity index (χ3v) is 3.12. The number of hydrogen-bond donors (Lipinski definition) is 0. The summed E-state index contributed by atoms with van der Waals surface area (Å²) in [5.41, 5.74) is 1.07. The van der Waals surface area contributed by atoms with Gasteiger partial charge in [-0.2, -0.15) is 0 Å². The molecule has 0 amide bonds. The first-order valence-corrected chi connectivity index (χ1v) is 6.50. The van der Waals surface area contributed by atoms with Gasteiger partial charge in [0.1, 0.15) is 5.60 Å². The predicted octanol–water partition coefficient (Wildman–Crippen LogP) is 2.94. The van der Waals surface area contributed by atoms with Crippen LogP contribution in [0.4, 0.5) is 0 Å². The highest BCUT2D eigenvalue weighted by Crippen LogP contribution is 2.29. The van der Waals surface area contributed by atoms with Crippen molar-refractivity contribution < 1.29 is 19.1 Å². The maximum atomic E-state index is 11.5. The van der Waals surface area contributed by atoms with Gasteiger partial charge < -0.3 is 9.47 Å². The summed E-state index contributed by atoms with van der Waals surface area (Å²) in [5.74, 6) is -1.98. The third kappa shape index (κ3) is 3.83. The van der Waals surface area contributed by atoms with Crippen molar-refractivity contribution in [2.24, 2.45) is 0 Å². The van der Waals surface area contributed by atoms with Crippen molar-refractivity contribution >= 4 is 11.9 Å². The number of methoxy groups -OCH3 is 1. The van der Waals surface area contributed by atoms with Crippen LogP contribution in [0.2, 0.25) is 0 Å². The lowest BCUT2D eigenvalue weighted by atomic mass is 9.84. The van der Waals surface area contributed by atoms with Crippen LogP contribution in [0.5, 0.6) is 0 Å². The van der Waals surface area contributed by atoms with Gasteiger partial charge in [0, 0.05) is 0 Å². The number of hydrogen-bond acceptors (Lipinski definition) is 4. The first-order valence-electron chi connectivity index (χ1n) is 6.50. The maximum absolute atomic E-state index is 11.5. The molecule has 20 heavy (non-hydrogen) atoms. The summed E-state index contributed by atoms with van der Waals surface area (Å²) in [4.78, 5) is 22.7. The predicted molar refractivity (Wildman–Crippen MR) is 76.3 cm³/mol. The number of carbonyl (C=O) groups excluding carboxylic acids is 2. The van der Waals surface area contributed by atoms with E-state index in [4.69, 9.17) is 4.74 Å². The molecule has 4 nitrogen and oxygen atoms in total. The van der Waals surface area contributed by atoms with Crippen molar-refractivity contribution in [3.63, 3.8) is 0 Å². The molecule has 0 unspecified atom stereocenters. The third-order valence-electron chi connectivity index (χ3n) is 3.12. The van der Waals surface area contributed by atoms with Gasteiger partial charge in [-0.1, -0.05) is 45.0 Å². The molecule has 0 spiro atoms. The van der Waals surface area contributed by atoms with Crippen LogP contribution in [-0.2, 0) is 30.1 Å². The van der Waals surface area contributed by atoms with Gasteiger partial charge >= 0.3 is 11.9 Å². The Labute approximate surface area is 120 Å². The first-order chi connectivity index (χ1) is 9.08. The fourth-order valence-corrected chi connectivity index (χ4v) is 1.78. The molecule has 1 aromatic rings. The van der Waals surface area contributed by atoms with Crippen molar-refractivity contribution in [3.05, 3.63) is 35.4 Å². The van der Waals surface area contributed by atoms with E-state index < -0.39 is 17.5 Å². The fourth-order valence-electron chi connectivity index (χ4n) is 1.78. The Kier molecular flexibility index (Phi) is 4.58. The molecule has 0 atom stereocenters.